The maximum absolute atomic E-state index is 17.5. The van der Waals surface area contributed by atoms with Gasteiger partial charge in [-0.2, -0.15) is 0 Å². The monoisotopic (exact) mass is 501 g/mol. The molecule has 0 heterocycles. The average Bonchev–Trinajstić information content (AvgIpc) is 3.03. The third kappa shape index (κ3) is 3.01. The molecular weight excluding hydrogens is 469 g/mol. The highest BCUT2D eigenvalue weighted by molar-refractivity contribution is 8.13. The fourth-order valence-electron chi connectivity index (χ4n) is 7.59. The average molecular weight is 502 g/mol. The normalized spacial score (nSPS) is 47.7. The zero-order valence-electron chi connectivity index (χ0n) is 20.7. The number of carbonyl (C=O) groups excluding carboxylic acids is 3. The second-order valence-corrected chi connectivity index (χ2v) is 11.5. The van der Waals surface area contributed by atoms with Crippen LogP contribution in [0.4, 0.5) is 13.2 Å². The quantitative estimate of drug-likeness (QED) is 0.562. The van der Waals surface area contributed by atoms with Crippen molar-refractivity contribution in [3.63, 3.8) is 0 Å². The molecule has 188 valence electrons. The van der Waals surface area contributed by atoms with Crippen molar-refractivity contribution in [1.29, 1.82) is 1.43 Å². The van der Waals surface area contributed by atoms with Crippen LogP contribution in [0.5, 0.6) is 0 Å². The second-order valence-electron chi connectivity index (χ2n) is 10.6. The highest BCUT2D eigenvalue weighted by atomic mass is 32.2. The molecule has 0 aromatic heterocycles. The molecule has 0 aliphatic heterocycles. The maximum Gasteiger partial charge on any atom is 0.306 e. The second kappa shape index (κ2) is 8.22. The van der Waals surface area contributed by atoms with Crippen molar-refractivity contribution in [2.75, 3.05) is 6.01 Å². The van der Waals surface area contributed by atoms with Crippen LogP contribution in [0.15, 0.2) is 23.8 Å². The van der Waals surface area contributed by atoms with Crippen LogP contribution in [0.25, 0.3) is 0 Å². The van der Waals surface area contributed by atoms with Crippen LogP contribution in [0.2, 0.25) is 0 Å². The smallest absolute Gasteiger partial charge is 0.306 e. The number of hydrogen-bond donors (Lipinski definition) is 1. The van der Waals surface area contributed by atoms with Gasteiger partial charge in [-0.25, -0.2) is 13.2 Å². The fraction of sp³-hybridized carbons (Fsp3) is 0.720. The molecule has 4 rings (SSSR count). The number of ketones is 1. The first-order chi connectivity index (χ1) is 16.4. The zero-order valence-corrected chi connectivity index (χ0v) is 20.6. The molecule has 0 bridgehead atoms. The van der Waals surface area contributed by atoms with Crippen LogP contribution in [-0.2, 0) is 19.1 Å². The molecule has 0 amide bonds. The number of aliphatic hydroxyl groups is 1. The minimum Gasteiger partial charge on any atom is -0.449 e. The Bertz CT molecular complexity index is 1010. The van der Waals surface area contributed by atoms with E-state index in [1.54, 1.807) is 20.8 Å². The summed E-state index contributed by atoms with van der Waals surface area (Å²) >= 11 is 0.397. The molecule has 3 saturated carbocycles. The van der Waals surface area contributed by atoms with Crippen LogP contribution >= 0.6 is 11.8 Å². The molecule has 0 radical (unpaired) electrons. The van der Waals surface area contributed by atoms with E-state index < -0.39 is 75.0 Å². The molecule has 34 heavy (non-hydrogen) atoms. The van der Waals surface area contributed by atoms with Gasteiger partial charge < -0.3 is 9.85 Å². The lowest BCUT2D eigenvalue weighted by molar-refractivity contribution is -0.228. The molecule has 0 saturated heterocycles. The van der Waals surface area contributed by atoms with Crippen LogP contribution in [0.3, 0.4) is 0 Å². The predicted molar refractivity (Wildman–Crippen MR) is 121 cm³/mol. The van der Waals surface area contributed by atoms with Gasteiger partial charge in [-0.1, -0.05) is 26.8 Å². The van der Waals surface area contributed by atoms with Gasteiger partial charge in [0, 0.05) is 29.1 Å². The van der Waals surface area contributed by atoms with E-state index in [4.69, 9.17) is 11.3 Å². The number of rotatable bonds is 5. The Kier molecular flexibility index (Phi) is 5.83. The molecule has 4 aliphatic carbocycles. The van der Waals surface area contributed by atoms with Crippen LogP contribution in [-0.4, -0.2) is 53.0 Å². The topological polar surface area (TPSA) is 80.7 Å². The number of allylic oxidation sites excluding steroid dienone is 4. The van der Waals surface area contributed by atoms with Gasteiger partial charge in [-0.3, -0.25) is 14.4 Å². The summed E-state index contributed by atoms with van der Waals surface area (Å²) in [6, 6.07) is -1.02. The zero-order chi connectivity index (χ0) is 26.0. The van der Waals surface area contributed by atoms with Gasteiger partial charge in [-0.05, 0) is 61.6 Å². The molecule has 9 heteroatoms. The van der Waals surface area contributed by atoms with E-state index in [2.05, 4.69) is 0 Å². The number of ether oxygens (including phenoxy) is 1. The number of carbonyl (C=O) groups is 3. The lowest BCUT2D eigenvalue weighted by atomic mass is 9.44. The van der Waals surface area contributed by atoms with Crippen molar-refractivity contribution in [2.24, 2.45) is 28.6 Å². The third-order valence-corrected chi connectivity index (χ3v) is 9.87. The SMILES string of the molecule is [2H]O[C@H]1C[C@@]2(C)[C@@H](C[C@@H](C)[C@]2(OC(=O)CC)C(=O)SCF)C2C[C@H](F)C3=CC(=O)C=C[C@]3(C)[C@]21F. The Hall–Kier alpha value is -1.61. The van der Waals surface area contributed by atoms with Crippen molar-refractivity contribution >= 4 is 28.6 Å². The summed E-state index contributed by atoms with van der Waals surface area (Å²) in [5, 5.41) is 4.32. The number of aliphatic hydroxyl groups excluding tert-OH is 1. The number of alkyl halides is 3. The number of fused-ring (bicyclic) bond motifs is 5. The lowest BCUT2D eigenvalue weighted by Crippen LogP contribution is -2.70. The summed E-state index contributed by atoms with van der Waals surface area (Å²) < 4.78 is 60.1. The van der Waals surface area contributed by atoms with E-state index in [1.807, 2.05) is 0 Å². The highest BCUT2D eigenvalue weighted by Crippen LogP contribution is 2.72. The number of esters is 1. The van der Waals surface area contributed by atoms with Gasteiger partial charge in [0.25, 0.3) is 0 Å². The van der Waals surface area contributed by atoms with E-state index in [0.29, 0.717) is 11.8 Å². The minimum atomic E-state index is -2.26. The molecule has 0 spiro atoms. The van der Waals surface area contributed by atoms with Gasteiger partial charge in [0.15, 0.2) is 17.1 Å². The van der Waals surface area contributed by atoms with E-state index >= 15 is 8.78 Å². The van der Waals surface area contributed by atoms with Crippen LogP contribution in [0, 0.1) is 28.6 Å². The van der Waals surface area contributed by atoms with Gasteiger partial charge in [0.2, 0.25) is 6.55 Å². The Balaban J connectivity index is 1.90. The van der Waals surface area contributed by atoms with E-state index in [9.17, 15) is 18.8 Å². The van der Waals surface area contributed by atoms with Crippen molar-refractivity contribution in [2.45, 2.75) is 76.9 Å². The van der Waals surface area contributed by atoms with E-state index in [-0.39, 0.29) is 31.3 Å². The molecule has 9 atom stereocenters. The van der Waals surface area contributed by atoms with Gasteiger partial charge >= 0.3 is 5.97 Å². The molecule has 1 N–H and O–H groups in total. The summed E-state index contributed by atoms with van der Waals surface area (Å²) in [5.41, 5.74) is -6.78. The molecule has 1 unspecified atom stereocenters. The first kappa shape index (κ1) is 24.1. The number of halogens is 3. The maximum atomic E-state index is 17.5. The Labute approximate surface area is 203 Å². The summed E-state index contributed by atoms with van der Waals surface area (Å²) in [7, 11) is 0. The molecule has 0 aromatic rings. The minimum absolute atomic E-state index is 0.0186. The van der Waals surface area contributed by atoms with Crippen LogP contribution in [0.1, 0.15) is 53.4 Å². The first-order valence-corrected chi connectivity index (χ1v) is 12.7. The largest absolute Gasteiger partial charge is 0.449 e. The molecule has 3 fully saturated rings. The molecule has 4 aliphatic rings. The third-order valence-electron chi connectivity index (χ3n) is 9.20. The van der Waals surface area contributed by atoms with Crippen molar-refractivity contribution in [1.82, 2.24) is 0 Å². The van der Waals surface area contributed by atoms with Gasteiger partial charge in [-0.15, -0.1) is 0 Å². The van der Waals surface area contributed by atoms with Crippen molar-refractivity contribution in [3.05, 3.63) is 23.8 Å². The summed E-state index contributed by atoms with van der Waals surface area (Å²) in [6.07, 6.45) is 0.461. The lowest BCUT2D eigenvalue weighted by Gasteiger charge is -2.63. The van der Waals surface area contributed by atoms with Gasteiger partial charge in [0.05, 0.1) is 6.10 Å². The molecule has 5 nitrogen and oxygen atoms in total. The molecular formula is C25H31F3O5S. The number of thioether (sulfide) groups is 1. The highest BCUT2D eigenvalue weighted by Gasteiger charge is 2.78. The Morgan fingerprint density at radius 2 is 2.03 bits per heavy atom. The Morgan fingerprint density at radius 1 is 1.32 bits per heavy atom. The summed E-state index contributed by atoms with van der Waals surface area (Å²) in [6.45, 7) is 6.49. The van der Waals surface area contributed by atoms with Gasteiger partial charge in [0.1, 0.15) is 12.2 Å². The first-order valence-electron chi connectivity index (χ1n) is 12.1. The van der Waals surface area contributed by atoms with E-state index in [1.165, 1.54) is 19.1 Å². The van der Waals surface area contributed by atoms with Crippen LogP contribution < -0.4 is 0 Å². The predicted octanol–water partition coefficient (Wildman–Crippen LogP) is 4.43. The molecule has 0 aromatic carbocycles. The Morgan fingerprint density at radius 3 is 2.65 bits per heavy atom. The van der Waals surface area contributed by atoms with Crippen molar-refractivity contribution in [3.8, 4) is 0 Å². The van der Waals surface area contributed by atoms with E-state index in [0.717, 1.165) is 6.08 Å². The number of hydrogen-bond acceptors (Lipinski definition) is 6. The summed E-state index contributed by atoms with van der Waals surface area (Å²) in [5.74, 6) is -3.30. The fourth-order valence-corrected chi connectivity index (χ4v) is 8.38. The van der Waals surface area contributed by atoms with Crippen molar-refractivity contribution < 1.29 is 37.4 Å². The standard InChI is InChI=1S/C25H31F3O5S/c1-5-20(31)33-25(21(32)34-12-26)13(2)8-15-16-10-18(27)17-9-14(29)6-7-22(17,3)24(16,28)19(30)11-23(15,25)4/h6-7,9,13,15-16,18-19,30H,5,8,10-12H2,1-4H3/t13-,15+,16?,18+,19+,22+,23+,24+,25+/m1/s1/i30D. The summed E-state index contributed by atoms with van der Waals surface area (Å²) in [4.78, 5) is 38.0.